The molecule has 0 spiro atoms. The van der Waals surface area contributed by atoms with Crippen molar-refractivity contribution in [3.05, 3.63) is 69.0 Å². The Bertz CT molecular complexity index is 1750. The highest BCUT2D eigenvalue weighted by atomic mass is 19.1. The largest absolute Gasteiger partial charge is 0.507 e. The molecule has 236 valence electrons. The zero-order chi connectivity index (χ0) is 33.1. The number of aromatic hydroxyl groups is 1. The maximum atomic E-state index is 14.1. The number of fused-ring (bicyclic) bond motifs is 3. The van der Waals surface area contributed by atoms with Crippen molar-refractivity contribution >= 4 is 46.3 Å². The van der Waals surface area contributed by atoms with Gasteiger partial charge in [0, 0.05) is 37.0 Å². The molecule has 3 aliphatic rings. The second kappa shape index (κ2) is 11.1. The Labute approximate surface area is 256 Å². The molecule has 0 bridgehead atoms. The number of carbonyl (C=O) groups excluding carboxylic acids is 4. The number of rotatable bonds is 6. The molecule has 45 heavy (non-hydrogen) atoms. The molecule has 0 aliphatic heterocycles. The van der Waals surface area contributed by atoms with E-state index < -0.39 is 75.6 Å². The number of primary amides is 1. The highest BCUT2D eigenvalue weighted by Crippen LogP contribution is 2.54. The molecule has 0 aromatic heterocycles. The van der Waals surface area contributed by atoms with Crippen LogP contribution in [0.1, 0.15) is 17.5 Å². The van der Waals surface area contributed by atoms with Gasteiger partial charge in [-0.2, -0.15) is 0 Å². The summed E-state index contributed by atoms with van der Waals surface area (Å²) in [6.07, 6.45) is -0.0428. The maximum absolute atomic E-state index is 14.1. The van der Waals surface area contributed by atoms with Gasteiger partial charge in [-0.05, 0) is 67.9 Å². The van der Waals surface area contributed by atoms with E-state index in [4.69, 9.17) is 5.73 Å². The van der Waals surface area contributed by atoms with Gasteiger partial charge in [0.25, 0.3) is 5.91 Å². The minimum absolute atomic E-state index is 0.0501. The summed E-state index contributed by atoms with van der Waals surface area (Å²) in [6, 6.07) is 4.59. The number of ketones is 2. The third kappa shape index (κ3) is 4.80. The Morgan fingerprint density at radius 2 is 1.78 bits per heavy atom. The van der Waals surface area contributed by atoms with Crippen molar-refractivity contribution in [1.29, 1.82) is 0 Å². The van der Waals surface area contributed by atoms with Crippen LogP contribution in [0.4, 0.5) is 26.2 Å². The summed E-state index contributed by atoms with van der Waals surface area (Å²) in [5.41, 5.74) is 1.37. The Hall–Kier alpha value is -5.15. The topological polar surface area (TPSA) is 215 Å². The van der Waals surface area contributed by atoms with Gasteiger partial charge in [0.1, 0.15) is 22.8 Å². The van der Waals surface area contributed by atoms with Crippen LogP contribution in [-0.4, -0.2) is 83.6 Å². The summed E-state index contributed by atoms with van der Waals surface area (Å²) >= 11 is 0. The number of hydrogen-bond acceptors (Lipinski definition) is 11. The number of benzene rings is 2. The smallest absolute Gasteiger partial charge is 0.323 e. The van der Waals surface area contributed by atoms with Crippen molar-refractivity contribution < 1.29 is 38.9 Å². The fourth-order valence-corrected chi connectivity index (χ4v) is 6.74. The van der Waals surface area contributed by atoms with Crippen molar-refractivity contribution in [3.8, 4) is 5.75 Å². The molecule has 2 aromatic rings. The Kier molecular flexibility index (Phi) is 7.71. The lowest BCUT2D eigenvalue weighted by molar-refractivity contribution is -0.161. The number of amides is 3. The third-order valence-electron chi connectivity index (χ3n) is 8.60. The number of likely N-dealkylation sites (N-methyl/N-ethyl adjacent to an activating group) is 1. The quantitative estimate of drug-likeness (QED) is 0.119. The fraction of sp³-hybridized carbons (Fsp3) is 0.333. The number of hydrogen-bond donors (Lipinski definition) is 6. The van der Waals surface area contributed by atoms with Gasteiger partial charge in [0.15, 0.2) is 11.4 Å². The summed E-state index contributed by atoms with van der Waals surface area (Å²) in [5, 5.41) is 42.5. The molecule has 0 saturated heterocycles. The molecule has 1 fully saturated rings. The number of aliphatic hydroxyl groups is 2. The molecular formula is C30H31FN6O8. The summed E-state index contributed by atoms with van der Waals surface area (Å²) in [5.74, 6) is -7.91. The standard InChI is InChI=1S/C30H31FN6O8/c1-36(2)18-11-17(34-29(43)33-14-7-5-6-13(31)10-14)24(38)20-15(18)8-12-9-16-23(37(3)4)22(35-45)21(28(32)42)27(41)30(16,44)26(40)19(12)25(20)39/h5-7,10-12,16,23,38-39,44H,8-9H2,1-4H3,(H2,32,42)(H2,33,34,43)/t12-,16-,23-,30-/m0/s1. The molecule has 0 unspecified atom stereocenters. The Morgan fingerprint density at radius 1 is 1.09 bits per heavy atom. The predicted molar refractivity (Wildman–Crippen MR) is 161 cm³/mol. The molecule has 0 heterocycles. The van der Waals surface area contributed by atoms with E-state index >= 15 is 0 Å². The molecule has 3 amide bonds. The molecule has 2 aromatic carbocycles. The van der Waals surface area contributed by atoms with Crippen LogP contribution in [0.15, 0.2) is 52.4 Å². The molecule has 14 nitrogen and oxygen atoms in total. The first-order valence-electron chi connectivity index (χ1n) is 13.8. The SMILES string of the molecule is CN(C)c1cc(NC(=O)Nc2cccc(F)c2)c(O)c2c1C[C@H]1C[C@H]3[C@H](N(C)C)C(N=O)=C(C(N)=O)C(=O)[C@@]3(O)C(=O)C1=C2O. The molecule has 5 rings (SSSR count). The van der Waals surface area contributed by atoms with E-state index in [9.17, 15) is 43.8 Å². The number of nitrogens with zero attached hydrogens (tertiary/aromatic N) is 3. The number of carbonyl (C=O) groups is 4. The lowest BCUT2D eigenvalue weighted by atomic mass is 9.56. The first kappa shape index (κ1) is 31.3. The lowest BCUT2D eigenvalue weighted by Crippen LogP contribution is -2.67. The van der Waals surface area contributed by atoms with Crippen LogP contribution < -0.4 is 21.3 Å². The molecule has 3 aliphatic carbocycles. The van der Waals surface area contributed by atoms with E-state index in [1.165, 1.54) is 43.3 Å². The van der Waals surface area contributed by atoms with Crippen LogP contribution in [-0.2, 0) is 20.8 Å². The van der Waals surface area contributed by atoms with Crippen LogP contribution in [0.2, 0.25) is 0 Å². The number of nitroso groups, excluding NO2 is 1. The van der Waals surface area contributed by atoms with E-state index in [-0.39, 0.29) is 35.4 Å². The maximum Gasteiger partial charge on any atom is 0.323 e. The summed E-state index contributed by atoms with van der Waals surface area (Å²) < 4.78 is 13.6. The number of anilines is 3. The van der Waals surface area contributed by atoms with Gasteiger partial charge >= 0.3 is 6.03 Å². The highest BCUT2D eigenvalue weighted by Gasteiger charge is 2.65. The number of nitrogens with one attached hydrogen (secondary N) is 2. The molecule has 1 saturated carbocycles. The predicted octanol–water partition coefficient (Wildman–Crippen LogP) is 2.02. The normalized spacial score (nSPS) is 24.1. The average Bonchev–Trinajstić information content (AvgIpc) is 2.95. The number of halogens is 1. The minimum Gasteiger partial charge on any atom is -0.507 e. The number of urea groups is 1. The zero-order valence-corrected chi connectivity index (χ0v) is 24.7. The van der Waals surface area contributed by atoms with Crippen LogP contribution in [0.25, 0.3) is 5.76 Å². The van der Waals surface area contributed by atoms with E-state index in [1.54, 1.807) is 19.0 Å². The molecule has 4 atom stereocenters. The Morgan fingerprint density at radius 3 is 2.36 bits per heavy atom. The second-order valence-corrected chi connectivity index (χ2v) is 11.7. The second-order valence-electron chi connectivity index (χ2n) is 11.7. The summed E-state index contributed by atoms with van der Waals surface area (Å²) in [6.45, 7) is 0. The van der Waals surface area contributed by atoms with Gasteiger partial charge in [-0.15, -0.1) is 4.91 Å². The lowest BCUT2D eigenvalue weighted by Gasteiger charge is -2.50. The van der Waals surface area contributed by atoms with Gasteiger partial charge in [-0.25, -0.2) is 9.18 Å². The van der Waals surface area contributed by atoms with Gasteiger partial charge < -0.3 is 41.5 Å². The monoisotopic (exact) mass is 622 g/mol. The average molecular weight is 623 g/mol. The third-order valence-corrected chi connectivity index (χ3v) is 8.60. The van der Waals surface area contributed by atoms with Crippen molar-refractivity contribution in [3.63, 3.8) is 0 Å². The highest BCUT2D eigenvalue weighted by molar-refractivity contribution is 6.33. The van der Waals surface area contributed by atoms with Crippen LogP contribution in [0.5, 0.6) is 5.75 Å². The first-order valence-corrected chi connectivity index (χ1v) is 13.8. The van der Waals surface area contributed by atoms with Gasteiger partial charge in [-0.1, -0.05) is 6.07 Å². The van der Waals surface area contributed by atoms with Crippen molar-refractivity contribution in [2.75, 3.05) is 43.7 Å². The van der Waals surface area contributed by atoms with Gasteiger partial charge in [0.2, 0.25) is 11.6 Å². The first-order chi connectivity index (χ1) is 21.1. The summed E-state index contributed by atoms with van der Waals surface area (Å²) in [7, 11) is 6.42. The fourth-order valence-electron chi connectivity index (χ4n) is 6.74. The number of phenolic OH excluding ortho intramolecular Hbond substituents is 1. The van der Waals surface area contributed by atoms with Crippen molar-refractivity contribution in [1.82, 2.24) is 4.90 Å². The van der Waals surface area contributed by atoms with E-state index in [1.807, 2.05) is 0 Å². The number of Topliss-reactive ketones (excluding diaryl/α,β-unsaturated/α-hetero) is 2. The van der Waals surface area contributed by atoms with Crippen LogP contribution in [0.3, 0.4) is 0 Å². The van der Waals surface area contributed by atoms with E-state index in [0.29, 0.717) is 11.3 Å². The van der Waals surface area contributed by atoms with Crippen LogP contribution in [0, 0.1) is 22.6 Å². The number of aliphatic hydroxyl groups excluding tert-OH is 1. The van der Waals surface area contributed by atoms with Crippen molar-refractivity contribution in [2.45, 2.75) is 24.5 Å². The molecule has 15 heteroatoms. The van der Waals surface area contributed by atoms with Crippen LogP contribution >= 0.6 is 0 Å². The van der Waals surface area contributed by atoms with Gasteiger partial charge in [-0.3, -0.25) is 14.4 Å². The molecule has 7 N–H and O–H groups in total. The minimum atomic E-state index is -2.88. The molecular weight excluding hydrogens is 591 g/mol. The number of phenols is 1. The number of nitrogens with two attached hydrogens (primary N) is 1. The molecule has 0 radical (unpaired) electrons. The Balaban J connectivity index is 1.64. The summed E-state index contributed by atoms with van der Waals surface area (Å²) in [4.78, 5) is 67.7. The van der Waals surface area contributed by atoms with Crippen molar-refractivity contribution in [2.24, 2.45) is 22.7 Å². The van der Waals surface area contributed by atoms with E-state index in [2.05, 4.69) is 15.8 Å². The zero-order valence-electron chi connectivity index (χ0n) is 24.7. The van der Waals surface area contributed by atoms with Gasteiger partial charge in [0.05, 0.1) is 17.3 Å². The van der Waals surface area contributed by atoms with E-state index in [0.717, 1.165) is 6.07 Å².